The van der Waals surface area contributed by atoms with Crippen molar-refractivity contribution in [1.82, 2.24) is 15.2 Å². The Morgan fingerprint density at radius 2 is 2.04 bits per heavy atom. The Morgan fingerprint density at radius 3 is 2.76 bits per heavy atom. The number of carbonyl (C=O) groups excluding carboxylic acids is 1. The van der Waals surface area contributed by atoms with Crippen LogP contribution in [0.25, 0.3) is 0 Å². The first kappa shape index (κ1) is 18.9. The molecule has 0 aliphatic rings. The summed E-state index contributed by atoms with van der Waals surface area (Å²) in [6.45, 7) is 5.82. The van der Waals surface area contributed by atoms with Gasteiger partial charge in [-0.2, -0.15) is 0 Å². The van der Waals surface area contributed by atoms with Gasteiger partial charge in [0.2, 0.25) is 0 Å². The van der Waals surface area contributed by atoms with Gasteiger partial charge in [0.1, 0.15) is 5.82 Å². The molecule has 25 heavy (non-hydrogen) atoms. The van der Waals surface area contributed by atoms with Crippen LogP contribution in [0.3, 0.4) is 0 Å². The van der Waals surface area contributed by atoms with Crippen molar-refractivity contribution < 1.29 is 4.79 Å². The predicted molar refractivity (Wildman–Crippen MR) is 104 cm³/mol. The molecule has 0 aliphatic heterocycles. The van der Waals surface area contributed by atoms with Crippen molar-refractivity contribution >= 4 is 17.4 Å². The molecule has 1 aromatic carbocycles. The van der Waals surface area contributed by atoms with Crippen LogP contribution in [-0.2, 0) is 6.42 Å². The molecular formula is C20H28N4O. The van der Waals surface area contributed by atoms with Crippen molar-refractivity contribution in [2.75, 3.05) is 32.5 Å². The van der Waals surface area contributed by atoms with E-state index in [1.165, 1.54) is 11.1 Å². The second-order valence-corrected chi connectivity index (χ2v) is 6.43. The summed E-state index contributed by atoms with van der Waals surface area (Å²) in [5, 5.41) is 6.33. The predicted octanol–water partition coefficient (Wildman–Crippen LogP) is 3.38. The zero-order valence-corrected chi connectivity index (χ0v) is 15.6. The van der Waals surface area contributed by atoms with Crippen molar-refractivity contribution in [2.24, 2.45) is 0 Å². The van der Waals surface area contributed by atoms with E-state index in [-0.39, 0.29) is 5.91 Å². The lowest BCUT2D eigenvalue weighted by Crippen LogP contribution is -2.27. The van der Waals surface area contributed by atoms with Gasteiger partial charge in [0.05, 0.1) is 0 Å². The minimum atomic E-state index is -0.0651. The van der Waals surface area contributed by atoms with E-state index in [0.29, 0.717) is 17.9 Å². The molecule has 0 bridgehead atoms. The van der Waals surface area contributed by atoms with Crippen LogP contribution in [-0.4, -0.2) is 43.0 Å². The highest BCUT2D eigenvalue weighted by molar-refractivity contribution is 5.94. The number of carbonyl (C=O) groups is 1. The van der Waals surface area contributed by atoms with E-state index in [1.807, 2.05) is 14.1 Å². The average Bonchev–Trinajstić information content (AvgIpc) is 2.60. The third kappa shape index (κ3) is 5.57. The van der Waals surface area contributed by atoms with Crippen LogP contribution in [0.2, 0.25) is 0 Å². The van der Waals surface area contributed by atoms with Gasteiger partial charge in [-0.05, 0) is 63.7 Å². The Kier molecular flexibility index (Phi) is 6.95. The minimum absolute atomic E-state index is 0.0651. The van der Waals surface area contributed by atoms with Crippen LogP contribution in [0.4, 0.5) is 11.5 Å². The van der Waals surface area contributed by atoms with Crippen molar-refractivity contribution in [3.8, 4) is 0 Å². The van der Waals surface area contributed by atoms with Crippen molar-refractivity contribution in [2.45, 2.75) is 26.7 Å². The fourth-order valence-electron chi connectivity index (χ4n) is 2.67. The molecule has 134 valence electrons. The van der Waals surface area contributed by atoms with Gasteiger partial charge in [0.25, 0.3) is 5.91 Å². The van der Waals surface area contributed by atoms with Crippen LogP contribution in [0, 0.1) is 6.92 Å². The maximum absolute atomic E-state index is 12.3. The van der Waals surface area contributed by atoms with E-state index in [9.17, 15) is 4.79 Å². The molecule has 2 N–H and O–H groups in total. The monoisotopic (exact) mass is 340 g/mol. The van der Waals surface area contributed by atoms with Gasteiger partial charge in [-0.15, -0.1) is 0 Å². The van der Waals surface area contributed by atoms with E-state index in [0.717, 1.165) is 25.1 Å². The number of amides is 1. The molecule has 5 heteroatoms. The van der Waals surface area contributed by atoms with E-state index in [2.05, 4.69) is 52.6 Å². The molecular weight excluding hydrogens is 312 g/mol. The van der Waals surface area contributed by atoms with Gasteiger partial charge in [-0.1, -0.05) is 25.1 Å². The SMILES string of the molecule is CCc1cccc(C)c1Nc1cc(C(=O)NCCCN(C)C)ccn1. The van der Waals surface area contributed by atoms with Crippen LogP contribution in [0.1, 0.15) is 34.8 Å². The Bertz CT molecular complexity index is 713. The molecule has 1 heterocycles. The van der Waals surface area contributed by atoms with Crippen LogP contribution < -0.4 is 10.6 Å². The number of para-hydroxylation sites is 1. The lowest BCUT2D eigenvalue weighted by atomic mass is 10.1. The molecule has 0 atom stereocenters. The summed E-state index contributed by atoms with van der Waals surface area (Å²) in [5.74, 6) is 0.620. The Balaban J connectivity index is 2.05. The van der Waals surface area contributed by atoms with Crippen molar-refractivity contribution in [3.05, 3.63) is 53.2 Å². The van der Waals surface area contributed by atoms with E-state index >= 15 is 0 Å². The Hall–Kier alpha value is -2.40. The average molecular weight is 340 g/mol. The summed E-state index contributed by atoms with van der Waals surface area (Å²) >= 11 is 0. The zero-order chi connectivity index (χ0) is 18.2. The molecule has 2 rings (SSSR count). The van der Waals surface area contributed by atoms with Crippen molar-refractivity contribution in [3.63, 3.8) is 0 Å². The maximum Gasteiger partial charge on any atom is 0.251 e. The van der Waals surface area contributed by atoms with Gasteiger partial charge >= 0.3 is 0 Å². The minimum Gasteiger partial charge on any atom is -0.352 e. The molecule has 5 nitrogen and oxygen atoms in total. The molecule has 1 aromatic heterocycles. The number of hydrogen-bond acceptors (Lipinski definition) is 4. The number of pyridine rings is 1. The highest BCUT2D eigenvalue weighted by Gasteiger charge is 2.09. The second-order valence-electron chi connectivity index (χ2n) is 6.43. The Labute approximate surface area is 150 Å². The maximum atomic E-state index is 12.3. The highest BCUT2D eigenvalue weighted by Crippen LogP contribution is 2.24. The summed E-state index contributed by atoms with van der Waals surface area (Å²) in [4.78, 5) is 18.8. The van der Waals surface area contributed by atoms with Crippen LogP contribution in [0.5, 0.6) is 0 Å². The number of nitrogens with zero attached hydrogens (tertiary/aromatic N) is 2. The van der Waals surface area contributed by atoms with Gasteiger partial charge in [-0.3, -0.25) is 4.79 Å². The van der Waals surface area contributed by atoms with Gasteiger partial charge in [-0.25, -0.2) is 4.98 Å². The first-order chi connectivity index (χ1) is 12.0. The summed E-state index contributed by atoms with van der Waals surface area (Å²) in [7, 11) is 4.05. The third-order valence-electron chi connectivity index (χ3n) is 4.08. The molecule has 1 amide bonds. The third-order valence-corrected chi connectivity index (χ3v) is 4.08. The number of benzene rings is 1. The number of aromatic nitrogens is 1. The fraction of sp³-hybridized carbons (Fsp3) is 0.400. The summed E-state index contributed by atoms with van der Waals surface area (Å²) in [5.41, 5.74) is 4.09. The van der Waals surface area contributed by atoms with E-state index in [4.69, 9.17) is 0 Å². The molecule has 0 aliphatic carbocycles. The highest BCUT2D eigenvalue weighted by atomic mass is 16.1. The molecule has 2 aromatic rings. The lowest BCUT2D eigenvalue weighted by molar-refractivity contribution is 0.0952. The largest absolute Gasteiger partial charge is 0.352 e. The molecule has 0 saturated heterocycles. The quantitative estimate of drug-likeness (QED) is 0.723. The fourth-order valence-corrected chi connectivity index (χ4v) is 2.67. The first-order valence-corrected chi connectivity index (χ1v) is 8.75. The van der Waals surface area contributed by atoms with Crippen LogP contribution >= 0.6 is 0 Å². The van der Waals surface area contributed by atoms with Crippen molar-refractivity contribution in [1.29, 1.82) is 0 Å². The normalized spacial score (nSPS) is 10.8. The molecule has 0 radical (unpaired) electrons. The summed E-state index contributed by atoms with van der Waals surface area (Å²) < 4.78 is 0. The molecule has 0 saturated carbocycles. The smallest absolute Gasteiger partial charge is 0.251 e. The summed E-state index contributed by atoms with van der Waals surface area (Å²) in [6, 6.07) is 9.78. The second kappa shape index (κ2) is 9.18. The molecule has 0 unspecified atom stereocenters. The first-order valence-electron chi connectivity index (χ1n) is 8.75. The number of aryl methyl sites for hydroxylation is 2. The van der Waals surface area contributed by atoms with Gasteiger partial charge in [0.15, 0.2) is 0 Å². The Morgan fingerprint density at radius 1 is 1.24 bits per heavy atom. The number of hydrogen-bond donors (Lipinski definition) is 2. The topological polar surface area (TPSA) is 57.3 Å². The lowest BCUT2D eigenvalue weighted by Gasteiger charge is -2.14. The number of anilines is 2. The molecule has 0 fully saturated rings. The van der Waals surface area contributed by atoms with E-state index in [1.54, 1.807) is 18.3 Å². The van der Waals surface area contributed by atoms with Gasteiger partial charge in [0, 0.05) is 24.0 Å². The summed E-state index contributed by atoms with van der Waals surface area (Å²) in [6.07, 6.45) is 3.54. The molecule has 0 spiro atoms. The number of rotatable bonds is 8. The zero-order valence-electron chi connectivity index (χ0n) is 15.6. The number of nitrogens with one attached hydrogen (secondary N) is 2. The standard InChI is InChI=1S/C20H28N4O/c1-5-16-9-6-8-15(2)19(16)23-18-14-17(10-12-21-18)20(25)22-11-7-13-24(3)4/h6,8-10,12,14H,5,7,11,13H2,1-4H3,(H,21,23)(H,22,25). The van der Waals surface area contributed by atoms with Gasteiger partial charge < -0.3 is 15.5 Å². The van der Waals surface area contributed by atoms with Crippen LogP contribution in [0.15, 0.2) is 36.5 Å². The van der Waals surface area contributed by atoms with E-state index < -0.39 is 0 Å².